The van der Waals surface area contributed by atoms with Crippen LogP contribution in [0.25, 0.3) is 0 Å². The van der Waals surface area contributed by atoms with Crippen molar-refractivity contribution in [1.29, 1.82) is 0 Å². The van der Waals surface area contributed by atoms with Gasteiger partial charge >= 0.3 is 0 Å². The number of piperidine rings is 1. The van der Waals surface area contributed by atoms with Crippen molar-refractivity contribution in [2.24, 2.45) is 46.3 Å². The van der Waals surface area contributed by atoms with Gasteiger partial charge in [-0.25, -0.2) is 0 Å². The zero-order chi connectivity index (χ0) is 34.1. The Morgan fingerprint density at radius 3 is 2.56 bits per heavy atom. The van der Waals surface area contributed by atoms with E-state index in [4.69, 9.17) is 14.2 Å². The number of nitrogens with one attached hydrogen (secondary N) is 1. The number of hydrogen-bond donors (Lipinski definition) is 5. The fourth-order valence-electron chi connectivity index (χ4n) is 13.0. The molecule has 0 spiro atoms. The molecular formula is C39H63NO8. The van der Waals surface area contributed by atoms with Crippen molar-refractivity contribution in [1.82, 2.24) is 5.32 Å². The number of hydrogen-bond acceptors (Lipinski definition) is 9. The Balaban J connectivity index is 1.20. The first-order valence-corrected chi connectivity index (χ1v) is 19.5. The Morgan fingerprint density at radius 2 is 1.83 bits per heavy atom. The van der Waals surface area contributed by atoms with Crippen LogP contribution in [0.1, 0.15) is 111 Å². The number of aliphatic hydroxyl groups is 4. The Hall–Kier alpha value is -0.910. The molecule has 5 N–H and O–H groups in total. The van der Waals surface area contributed by atoms with Gasteiger partial charge in [-0.15, -0.1) is 0 Å². The molecule has 9 nitrogen and oxygen atoms in total. The molecule has 0 radical (unpaired) electrons. The number of ketones is 1. The van der Waals surface area contributed by atoms with Crippen molar-refractivity contribution in [3.05, 3.63) is 11.6 Å². The number of carbonyl (C=O) groups excluding carboxylic acids is 1. The van der Waals surface area contributed by atoms with Gasteiger partial charge in [0.1, 0.15) is 18.4 Å². The van der Waals surface area contributed by atoms with E-state index in [-0.39, 0.29) is 52.8 Å². The third-order valence-electron chi connectivity index (χ3n) is 15.5. The van der Waals surface area contributed by atoms with Crippen LogP contribution in [0, 0.1) is 46.3 Å². The lowest BCUT2D eigenvalue weighted by Crippen LogP contribution is -2.66. The molecule has 2 aliphatic heterocycles. The molecule has 0 aromatic heterocycles. The average molecular weight is 674 g/mol. The van der Waals surface area contributed by atoms with E-state index in [0.29, 0.717) is 32.6 Å². The number of allylic oxidation sites excluding steroid dienone is 1. The van der Waals surface area contributed by atoms with E-state index >= 15 is 0 Å². The first kappa shape index (κ1) is 35.5. The fraction of sp³-hybridized carbons (Fsp3) is 0.923. The average Bonchev–Trinajstić information content (AvgIpc) is 3.59. The molecule has 2 saturated heterocycles. The van der Waals surface area contributed by atoms with Crippen LogP contribution < -0.4 is 5.32 Å². The van der Waals surface area contributed by atoms with Gasteiger partial charge in [-0.1, -0.05) is 33.1 Å². The quantitative estimate of drug-likeness (QED) is 0.227. The molecule has 9 heteroatoms. The predicted molar refractivity (Wildman–Crippen MR) is 181 cm³/mol. The Kier molecular flexibility index (Phi) is 9.80. The van der Waals surface area contributed by atoms with Crippen molar-refractivity contribution < 1.29 is 39.4 Å². The summed E-state index contributed by atoms with van der Waals surface area (Å²) < 4.78 is 17.8. The van der Waals surface area contributed by atoms with E-state index in [2.05, 4.69) is 19.2 Å². The lowest BCUT2D eigenvalue weighted by molar-refractivity contribution is -0.219. The topological polar surface area (TPSA) is 138 Å². The molecule has 0 amide bonds. The largest absolute Gasteiger partial charge is 0.387 e. The van der Waals surface area contributed by atoms with Crippen molar-refractivity contribution in [3.8, 4) is 0 Å². The molecule has 0 bridgehead atoms. The van der Waals surface area contributed by atoms with Gasteiger partial charge < -0.3 is 34.6 Å². The van der Waals surface area contributed by atoms with Crippen molar-refractivity contribution in [2.45, 2.75) is 153 Å². The highest BCUT2D eigenvalue weighted by Crippen LogP contribution is 2.72. The molecule has 7 rings (SSSR count). The molecule has 14 atom stereocenters. The van der Waals surface area contributed by atoms with E-state index in [1.165, 1.54) is 6.42 Å². The number of rotatable bonds is 9. The van der Waals surface area contributed by atoms with Gasteiger partial charge in [0.15, 0.2) is 5.78 Å². The van der Waals surface area contributed by atoms with Gasteiger partial charge in [-0.3, -0.25) is 10.1 Å². The minimum atomic E-state index is -1.52. The molecule has 4 saturated carbocycles. The normalized spacial score (nSPS) is 48.1. The van der Waals surface area contributed by atoms with E-state index in [1.54, 1.807) is 14.0 Å². The second kappa shape index (κ2) is 13.3. The third-order valence-corrected chi connectivity index (χ3v) is 15.5. The van der Waals surface area contributed by atoms with Crippen LogP contribution in [-0.2, 0) is 19.0 Å². The lowest BCUT2D eigenvalue weighted by atomic mass is 9.42. The minimum Gasteiger partial charge on any atom is -0.387 e. The van der Waals surface area contributed by atoms with Crippen molar-refractivity contribution in [2.75, 3.05) is 26.9 Å². The van der Waals surface area contributed by atoms with E-state index in [0.717, 1.165) is 76.2 Å². The van der Waals surface area contributed by atoms with Gasteiger partial charge in [0.2, 0.25) is 0 Å². The molecule has 14 unspecified atom stereocenters. The summed E-state index contributed by atoms with van der Waals surface area (Å²) in [5.41, 5.74) is -2.69. The van der Waals surface area contributed by atoms with E-state index < -0.39 is 41.2 Å². The first-order chi connectivity index (χ1) is 22.9. The number of methoxy groups -OCH3 is 1. The molecule has 272 valence electrons. The summed E-state index contributed by atoms with van der Waals surface area (Å²) >= 11 is 0. The molecule has 0 aromatic rings. The molecule has 0 aromatic carbocycles. The summed E-state index contributed by atoms with van der Waals surface area (Å²) in [5, 5.41) is 52.0. The number of aliphatic hydroxyl groups excluding tert-OH is 2. The molecule has 5 aliphatic carbocycles. The molecule has 48 heavy (non-hydrogen) atoms. The fourth-order valence-corrected chi connectivity index (χ4v) is 13.0. The summed E-state index contributed by atoms with van der Waals surface area (Å²) in [6, 6.07) is 0. The maximum Gasteiger partial charge on any atom is 0.159 e. The minimum absolute atomic E-state index is 0.0236. The molecular weight excluding hydrogens is 610 g/mol. The van der Waals surface area contributed by atoms with Gasteiger partial charge in [0, 0.05) is 31.7 Å². The van der Waals surface area contributed by atoms with E-state index in [1.807, 2.05) is 6.08 Å². The smallest absolute Gasteiger partial charge is 0.159 e. The zero-order valence-corrected chi connectivity index (χ0v) is 29.9. The lowest BCUT2D eigenvalue weighted by Gasteiger charge is -2.64. The highest BCUT2D eigenvalue weighted by molar-refractivity contribution is 5.95. The Labute approximate surface area is 287 Å². The van der Waals surface area contributed by atoms with Crippen LogP contribution in [0.3, 0.4) is 0 Å². The van der Waals surface area contributed by atoms with Crippen LogP contribution in [0.4, 0.5) is 0 Å². The SMILES string of the molecule is COCCCOC1CCC2(C)C(C1)C(=O)C=C1C2CCC2(C3CCCCC3)C(C(C)(O)C(O)C3OC4C(O)NCCC4C3C)CCC12O. The molecule has 7 aliphatic rings. The molecule has 6 fully saturated rings. The summed E-state index contributed by atoms with van der Waals surface area (Å²) in [6.07, 6.45) is 11.3. The highest BCUT2D eigenvalue weighted by atomic mass is 16.5. The summed E-state index contributed by atoms with van der Waals surface area (Å²) in [5.74, 6) is 0.0578. The van der Waals surface area contributed by atoms with Crippen molar-refractivity contribution in [3.63, 3.8) is 0 Å². The summed E-state index contributed by atoms with van der Waals surface area (Å²) in [6.45, 7) is 8.16. The van der Waals surface area contributed by atoms with Crippen LogP contribution in [0.2, 0.25) is 0 Å². The number of carbonyl (C=O) groups is 1. The van der Waals surface area contributed by atoms with Crippen LogP contribution >= 0.6 is 0 Å². The standard InChI is InChI=1S/C39H63NO8/c1-23-26-14-18-40-35(43)33(26)48-32(23)34(42)37(3,44)31-13-17-39(45)28-22-30(41)29-21-25(47-20-8-19-46-4)11-15-36(29,2)27(28)12-16-38(31,39)24-9-6-5-7-10-24/h22-27,29,31-35,40,42-45H,5-21H2,1-4H3. The van der Waals surface area contributed by atoms with Gasteiger partial charge in [-0.05, 0) is 131 Å². The second-order valence-electron chi connectivity index (χ2n) is 17.5. The van der Waals surface area contributed by atoms with Crippen LogP contribution in [0.15, 0.2) is 11.6 Å². The third kappa shape index (κ3) is 5.34. The maximum absolute atomic E-state index is 14.2. The van der Waals surface area contributed by atoms with Crippen molar-refractivity contribution >= 4 is 5.78 Å². The van der Waals surface area contributed by atoms with Gasteiger partial charge in [0.25, 0.3) is 0 Å². The monoisotopic (exact) mass is 673 g/mol. The first-order valence-electron chi connectivity index (χ1n) is 19.5. The van der Waals surface area contributed by atoms with E-state index in [9.17, 15) is 25.2 Å². The number of ether oxygens (including phenoxy) is 3. The zero-order valence-electron chi connectivity index (χ0n) is 29.9. The van der Waals surface area contributed by atoms with Gasteiger partial charge in [-0.2, -0.15) is 0 Å². The number of fused-ring (bicyclic) bond motifs is 6. The second-order valence-corrected chi connectivity index (χ2v) is 17.5. The molecule has 2 heterocycles. The predicted octanol–water partition coefficient (Wildman–Crippen LogP) is 4.28. The maximum atomic E-state index is 14.2. The summed E-state index contributed by atoms with van der Waals surface area (Å²) in [7, 11) is 1.70. The van der Waals surface area contributed by atoms with Crippen LogP contribution in [-0.4, -0.2) is 94.9 Å². The van der Waals surface area contributed by atoms with Crippen LogP contribution in [0.5, 0.6) is 0 Å². The Morgan fingerprint density at radius 1 is 1.06 bits per heavy atom. The summed E-state index contributed by atoms with van der Waals surface area (Å²) in [4.78, 5) is 14.2. The Bertz CT molecular complexity index is 1220. The highest BCUT2D eigenvalue weighted by Gasteiger charge is 2.73. The van der Waals surface area contributed by atoms with Gasteiger partial charge in [0.05, 0.1) is 23.4 Å².